The normalized spacial score (nSPS) is 10.6. The van der Waals surface area contributed by atoms with Gasteiger partial charge in [-0.05, 0) is 55.2 Å². The van der Waals surface area contributed by atoms with Crippen LogP contribution >= 0.6 is 0 Å². The molecule has 0 aliphatic heterocycles. The van der Waals surface area contributed by atoms with Crippen molar-refractivity contribution in [2.75, 3.05) is 10.6 Å². The topological polar surface area (TPSA) is 41.1 Å². The van der Waals surface area contributed by atoms with E-state index in [0.717, 1.165) is 30.8 Å². The molecule has 0 aromatic heterocycles. The fraction of sp³-hybridized carbons (Fsp3) is 0.350. The number of hydrogen-bond donors (Lipinski definition) is 2. The molecule has 1 amide bonds. The molecule has 3 nitrogen and oxygen atoms in total. The summed E-state index contributed by atoms with van der Waals surface area (Å²) in [4.78, 5) is 12.1. The highest BCUT2D eigenvalue weighted by atomic mass is 16.1. The summed E-state index contributed by atoms with van der Waals surface area (Å²) in [5, 5.41) is 6.40. The summed E-state index contributed by atoms with van der Waals surface area (Å²) in [6.07, 6.45) is 1.75. The minimum atomic E-state index is 0.0915. The molecule has 0 unspecified atom stereocenters. The highest BCUT2D eigenvalue weighted by Crippen LogP contribution is 2.17. The Morgan fingerprint density at radius 3 is 2.17 bits per heavy atom. The monoisotopic (exact) mass is 310 g/mol. The number of amides is 1. The van der Waals surface area contributed by atoms with Crippen molar-refractivity contribution in [1.82, 2.24) is 0 Å². The van der Waals surface area contributed by atoms with E-state index in [1.54, 1.807) is 0 Å². The summed E-state index contributed by atoms with van der Waals surface area (Å²) in [5.74, 6) is 0.199. The molecule has 2 N–H and O–H groups in total. The van der Waals surface area contributed by atoms with Crippen molar-refractivity contribution in [2.45, 2.75) is 40.2 Å². The Labute approximate surface area is 139 Å². The maximum absolute atomic E-state index is 12.1. The van der Waals surface area contributed by atoms with E-state index in [1.165, 1.54) is 11.1 Å². The Morgan fingerprint density at radius 1 is 0.957 bits per heavy atom. The van der Waals surface area contributed by atoms with Crippen molar-refractivity contribution in [3.8, 4) is 0 Å². The SMILES string of the molecule is CCC(CC)C(=O)Nc1ccc(NCc2ccccc2C)cc1. The highest BCUT2D eigenvalue weighted by molar-refractivity contribution is 5.92. The van der Waals surface area contributed by atoms with Gasteiger partial charge in [0.2, 0.25) is 5.91 Å². The Hall–Kier alpha value is -2.29. The molecule has 0 radical (unpaired) electrons. The summed E-state index contributed by atoms with van der Waals surface area (Å²) < 4.78 is 0. The number of anilines is 2. The quantitative estimate of drug-likeness (QED) is 0.757. The lowest BCUT2D eigenvalue weighted by atomic mass is 10.0. The van der Waals surface area contributed by atoms with E-state index in [4.69, 9.17) is 0 Å². The molecule has 0 fully saturated rings. The lowest BCUT2D eigenvalue weighted by molar-refractivity contribution is -0.120. The minimum absolute atomic E-state index is 0.0915. The fourth-order valence-electron chi connectivity index (χ4n) is 2.58. The van der Waals surface area contributed by atoms with Gasteiger partial charge in [-0.3, -0.25) is 4.79 Å². The minimum Gasteiger partial charge on any atom is -0.381 e. The Bertz CT molecular complexity index is 630. The van der Waals surface area contributed by atoms with Crippen LogP contribution in [0.15, 0.2) is 48.5 Å². The third-order valence-electron chi connectivity index (χ3n) is 4.25. The van der Waals surface area contributed by atoms with Crippen LogP contribution in [0.2, 0.25) is 0 Å². The van der Waals surface area contributed by atoms with Crippen LogP contribution in [-0.2, 0) is 11.3 Å². The first-order chi connectivity index (χ1) is 11.1. The van der Waals surface area contributed by atoms with Gasteiger partial charge in [-0.15, -0.1) is 0 Å². The van der Waals surface area contributed by atoms with E-state index in [2.05, 4.69) is 41.8 Å². The molecule has 0 aliphatic carbocycles. The largest absolute Gasteiger partial charge is 0.381 e. The molecule has 0 spiro atoms. The van der Waals surface area contributed by atoms with Gasteiger partial charge in [0.05, 0.1) is 0 Å². The number of carbonyl (C=O) groups is 1. The van der Waals surface area contributed by atoms with Crippen molar-refractivity contribution in [2.24, 2.45) is 5.92 Å². The second-order valence-corrected chi connectivity index (χ2v) is 5.86. The molecule has 0 saturated carbocycles. The standard InChI is InChI=1S/C20H26N2O/c1-4-16(5-2)20(23)22-19-12-10-18(11-13-19)21-14-17-9-7-6-8-15(17)3/h6-13,16,21H,4-5,14H2,1-3H3,(H,22,23). The molecule has 0 aliphatic rings. The van der Waals surface area contributed by atoms with Crippen molar-refractivity contribution in [3.63, 3.8) is 0 Å². The van der Waals surface area contributed by atoms with Crippen LogP contribution in [0.3, 0.4) is 0 Å². The van der Waals surface area contributed by atoms with Gasteiger partial charge in [0.1, 0.15) is 0 Å². The Kier molecular flexibility index (Phi) is 6.21. The number of carbonyl (C=O) groups excluding carboxylic acids is 1. The molecule has 2 aromatic carbocycles. The van der Waals surface area contributed by atoms with Crippen molar-refractivity contribution in [3.05, 3.63) is 59.7 Å². The lowest BCUT2D eigenvalue weighted by Gasteiger charge is -2.13. The molecule has 0 saturated heterocycles. The number of benzene rings is 2. The number of nitrogens with one attached hydrogen (secondary N) is 2. The zero-order valence-corrected chi connectivity index (χ0v) is 14.2. The van der Waals surface area contributed by atoms with Gasteiger partial charge in [0, 0.05) is 23.8 Å². The predicted molar refractivity (Wildman–Crippen MR) is 97.6 cm³/mol. The predicted octanol–water partition coefficient (Wildman–Crippen LogP) is 4.98. The van der Waals surface area contributed by atoms with Gasteiger partial charge in [0.25, 0.3) is 0 Å². The smallest absolute Gasteiger partial charge is 0.227 e. The van der Waals surface area contributed by atoms with Crippen molar-refractivity contribution in [1.29, 1.82) is 0 Å². The average molecular weight is 310 g/mol. The van der Waals surface area contributed by atoms with Crippen molar-refractivity contribution < 1.29 is 4.79 Å². The van der Waals surface area contributed by atoms with Gasteiger partial charge in [0.15, 0.2) is 0 Å². The average Bonchev–Trinajstić information content (AvgIpc) is 2.56. The van der Waals surface area contributed by atoms with Crippen LogP contribution in [0.5, 0.6) is 0 Å². The van der Waals surface area contributed by atoms with Crippen LogP contribution in [0, 0.1) is 12.8 Å². The zero-order chi connectivity index (χ0) is 16.7. The van der Waals surface area contributed by atoms with Gasteiger partial charge in [-0.1, -0.05) is 38.1 Å². The summed E-state index contributed by atoms with van der Waals surface area (Å²) in [5.41, 5.74) is 4.48. The van der Waals surface area contributed by atoms with Crippen LogP contribution in [0.1, 0.15) is 37.8 Å². The Balaban J connectivity index is 1.92. The molecule has 122 valence electrons. The molecule has 23 heavy (non-hydrogen) atoms. The first-order valence-electron chi connectivity index (χ1n) is 8.33. The van der Waals surface area contributed by atoms with Crippen LogP contribution in [0.4, 0.5) is 11.4 Å². The molecular weight excluding hydrogens is 284 g/mol. The second kappa shape index (κ2) is 8.37. The third-order valence-corrected chi connectivity index (χ3v) is 4.25. The van der Waals surface area contributed by atoms with E-state index in [0.29, 0.717) is 0 Å². The van der Waals surface area contributed by atoms with Gasteiger partial charge < -0.3 is 10.6 Å². The number of hydrogen-bond acceptors (Lipinski definition) is 2. The fourth-order valence-corrected chi connectivity index (χ4v) is 2.58. The zero-order valence-electron chi connectivity index (χ0n) is 14.2. The van der Waals surface area contributed by atoms with E-state index < -0.39 is 0 Å². The van der Waals surface area contributed by atoms with Gasteiger partial charge in [-0.25, -0.2) is 0 Å². The summed E-state index contributed by atoms with van der Waals surface area (Å²) in [6.45, 7) is 7.01. The second-order valence-electron chi connectivity index (χ2n) is 5.86. The van der Waals surface area contributed by atoms with Crippen LogP contribution in [-0.4, -0.2) is 5.91 Å². The van der Waals surface area contributed by atoms with Gasteiger partial charge in [-0.2, -0.15) is 0 Å². The van der Waals surface area contributed by atoms with Gasteiger partial charge >= 0.3 is 0 Å². The first-order valence-corrected chi connectivity index (χ1v) is 8.33. The third kappa shape index (κ3) is 4.85. The van der Waals surface area contributed by atoms with Crippen LogP contribution < -0.4 is 10.6 Å². The maximum Gasteiger partial charge on any atom is 0.227 e. The molecular formula is C20H26N2O. The van der Waals surface area contributed by atoms with E-state index >= 15 is 0 Å². The molecule has 0 atom stereocenters. The first kappa shape index (κ1) is 17.1. The van der Waals surface area contributed by atoms with E-state index in [-0.39, 0.29) is 11.8 Å². The highest BCUT2D eigenvalue weighted by Gasteiger charge is 2.13. The molecule has 0 bridgehead atoms. The molecule has 3 heteroatoms. The Morgan fingerprint density at radius 2 is 1.57 bits per heavy atom. The number of aryl methyl sites for hydroxylation is 1. The summed E-state index contributed by atoms with van der Waals surface area (Å²) >= 11 is 0. The summed E-state index contributed by atoms with van der Waals surface area (Å²) in [6, 6.07) is 16.2. The molecule has 2 rings (SSSR count). The molecule has 0 heterocycles. The maximum atomic E-state index is 12.1. The number of rotatable bonds is 7. The summed E-state index contributed by atoms with van der Waals surface area (Å²) in [7, 11) is 0. The van der Waals surface area contributed by atoms with E-state index in [9.17, 15) is 4.79 Å². The van der Waals surface area contributed by atoms with Crippen molar-refractivity contribution >= 4 is 17.3 Å². The van der Waals surface area contributed by atoms with Crippen LogP contribution in [0.25, 0.3) is 0 Å². The lowest BCUT2D eigenvalue weighted by Crippen LogP contribution is -2.21. The molecule has 2 aromatic rings. The van der Waals surface area contributed by atoms with E-state index in [1.807, 2.05) is 38.1 Å².